The molecule has 2 nitrogen and oxygen atoms in total. The van der Waals surface area contributed by atoms with E-state index in [1.807, 2.05) is 14.1 Å². The normalized spacial score (nSPS) is 29.5. The van der Waals surface area contributed by atoms with Crippen LogP contribution in [0.1, 0.15) is 25.7 Å². The molecule has 1 fully saturated rings. The number of rotatable bonds is 2. The highest BCUT2D eigenvalue weighted by Gasteiger charge is 2.27. The van der Waals surface area contributed by atoms with Crippen LogP contribution in [0.2, 0.25) is 0 Å². The molecule has 1 aliphatic rings. The number of nitrogens with zero attached hydrogens (tertiary/aromatic N) is 1. The Morgan fingerprint density at radius 1 is 1.38 bits per heavy atom. The Morgan fingerprint density at radius 3 is 2.62 bits per heavy atom. The molecule has 3 atom stereocenters. The first-order valence-corrected chi connectivity index (χ1v) is 6.61. The van der Waals surface area contributed by atoms with E-state index in [1.54, 1.807) is 4.90 Å². The van der Waals surface area contributed by atoms with Gasteiger partial charge in [-0.25, -0.2) is 0 Å². The monoisotopic (exact) mass is 201 g/mol. The van der Waals surface area contributed by atoms with Crippen molar-refractivity contribution in [3.8, 4) is 0 Å². The van der Waals surface area contributed by atoms with Crippen molar-refractivity contribution >= 4 is 14.5 Å². The second kappa shape index (κ2) is 4.95. The summed E-state index contributed by atoms with van der Waals surface area (Å²) in [6.07, 6.45) is 4.83. The van der Waals surface area contributed by atoms with Gasteiger partial charge in [0.2, 0.25) is 5.91 Å². The SMILES string of the molecule is CPC1CCCC(C(=O)N(C)C)C1. The van der Waals surface area contributed by atoms with Gasteiger partial charge in [0.1, 0.15) is 0 Å². The van der Waals surface area contributed by atoms with Crippen molar-refractivity contribution in [1.82, 2.24) is 4.90 Å². The van der Waals surface area contributed by atoms with Crippen LogP contribution < -0.4 is 0 Å². The maximum absolute atomic E-state index is 11.7. The van der Waals surface area contributed by atoms with E-state index in [4.69, 9.17) is 0 Å². The molecule has 0 heterocycles. The van der Waals surface area contributed by atoms with E-state index < -0.39 is 0 Å². The first-order valence-electron chi connectivity index (χ1n) is 5.03. The summed E-state index contributed by atoms with van der Waals surface area (Å²) in [6, 6.07) is 0. The minimum absolute atomic E-state index is 0.321. The topological polar surface area (TPSA) is 20.3 Å². The fourth-order valence-corrected chi connectivity index (χ4v) is 3.05. The maximum Gasteiger partial charge on any atom is 0.225 e. The maximum atomic E-state index is 11.7. The van der Waals surface area contributed by atoms with E-state index >= 15 is 0 Å². The molecule has 0 spiro atoms. The minimum Gasteiger partial charge on any atom is -0.349 e. The molecule has 1 aliphatic carbocycles. The first kappa shape index (κ1) is 11.0. The van der Waals surface area contributed by atoms with Gasteiger partial charge < -0.3 is 4.90 Å². The number of carbonyl (C=O) groups is 1. The molecular weight excluding hydrogens is 181 g/mol. The highest BCUT2D eigenvalue weighted by molar-refractivity contribution is 7.37. The van der Waals surface area contributed by atoms with Crippen LogP contribution in [0.15, 0.2) is 0 Å². The highest BCUT2D eigenvalue weighted by Crippen LogP contribution is 2.34. The van der Waals surface area contributed by atoms with Crippen LogP contribution in [0.3, 0.4) is 0 Å². The van der Waals surface area contributed by atoms with Gasteiger partial charge in [0, 0.05) is 20.0 Å². The molecule has 0 aromatic rings. The molecule has 0 aromatic carbocycles. The third-order valence-corrected chi connectivity index (χ3v) is 4.21. The molecule has 0 N–H and O–H groups in total. The Bertz CT molecular complexity index is 182. The molecule has 1 saturated carbocycles. The lowest BCUT2D eigenvalue weighted by Crippen LogP contribution is -2.33. The number of amides is 1. The van der Waals surface area contributed by atoms with Crippen molar-refractivity contribution in [1.29, 1.82) is 0 Å². The second-order valence-electron chi connectivity index (χ2n) is 4.08. The van der Waals surface area contributed by atoms with Crippen molar-refractivity contribution in [3.63, 3.8) is 0 Å². The predicted octanol–water partition coefficient (Wildman–Crippen LogP) is 1.94. The van der Waals surface area contributed by atoms with Crippen molar-refractivity contribution < 1.29 is 4.79 Å². The van der Waals surface area contributed by atoms with Gasteiger partial charge >= 0.3 is 0 Å². The quantitative estimate of drug-likeness (QED) is 0.625. The van der Waals surface area contributed by atoms with Crippen LogP contribution in [-0.4, -0.2) is 37.2 Å². The lowest BCUT2D eigenvalue weighted by Gasteiger charge is -2.29. The predicted molar refractivity (Wildman–Crippen MR) is 58.7 cm³/mol. The molecule has 3 unspecified atom stereocenters. The summed E-state index contributed by atoms with van der Waals surface area (Å²) in [7, 11) is 4.73. The van der Waals surface area contributed by atoms with Crippen LogP contribution in [0.5, 0.6) is 0 Å². The largest absolute Gasteiger partial charge is 0.349 e. The zero-order valence-corrected chi connectivity index (χ0v) is 9.84. The lowest BCUT2D eigenvalue weighted by atomic mass is 9.88. The Kier molecular flexibility index (Phi) is 4.18. The van der Waals surface area contributed by atoms with E-state index in [0.29, 0.717) is 11.8 Å². The summed E-state index contributed by atoms with van der Waals surface area (Å²) in [6.45, 7) is 2.26. The Labute approximate surface area is 82.9 Å². The van der Waals surface area contributed by atoms with Gasteiger partial charge in [-0.1, -0.05) is 6.42 Å². The summed E-state index contributed by atoms with van der Waals surface area (Å²) in [5, 5.41) is 0. The zero-order chi connectivity index (χ0) is 9.84. The third-order valence-electron chi connectivity index (χ3n) is 2.87. The van der Waals surface area contributed by atoms with Gasteiger partial charge in [-0.15, -0.1) is 8.58 Å². The zero-order valence-electron chi connectivity index (χ0n) is 8.84. The molecule has 1 rings (SSSR count). The summed E-state index contributed by atoms with van der Waals surface area (Å²) in [5.74, 6) is 0.657. The van der Waals surface area contributed by atoms with Gasteiger partial charge in [0.15, 0.2) is 0 Å². The van der Waals surface area contributed by atoms with E-state index in [2.05, 4.69) is 6.66 Å². The van der Waals surface area contributed by atoms with Crippen molar-refractivity contribution in [2.24, 2.45) is 5.92 Å². The van der Waals surface area contributed by atoms with Crippen LogP contribution >= 0.6 is 8.58 Å². The van der Waals surface area contributed by atoms with Crippen molar-refractivity contribution in [2.45, 2.75) is 31.3 Å². The summed E-state index contributed by atoms with van der Waals surface area (Å²) < 4.78 is 0. The Morgan fingerprint density at radius 2 is 2.08 bits per heavy atom. The van der Waals surface area contributed by atoms with Gasteiger partial charge in [-0.2, -0.15) is 0 Å². The van der Waals surface area contributed by atoms with Crippen LogP contribution in [0, 0.1) is 5.92 Å². The number of hydrogen-bond donors (Lipinski definition) is 0. The van der Waals surface area contributed by atoms with E-state index in [-0.39, 0.29) is 0 Å². The standard InChI is InChI=1S/C10H20NOP/c1-11(2)10(12)8-5-4-6-9(7-8)13-3/h8-9,13H,4-7H2,1-3H3. The smallest absolute Gasteiger partial charge is 0.225 e. The molecule has 0 aromatic heterocycles. The molecule has 0 aliphatic heterocycles. The summed E-state index contributed by atoms with van der Waals surface area (Å²) >= 11 is 0. The van der Waals surface area contributed by atoms with Crippen LogP contribution in [-0.2, 0) is 4.79 Å². The van der Waals surface area contributed by atoms with E-state index in [9.17, 15) is 4.79 Å². The number of hydrogen-bond acceptors (Lipinski definition) is 1. The van der Waals surface area contributed by atoms with Gasteiger partial charge in [0.25, 0.3) is 0 Å². The molecule has 0 radical (unpaired) electrons. The fraction of sp³-hybridized carbons (Fsp3) is 0.900. The highest BCUT2D eigenvalue weighted by atomic mass is 31.1. The molecule has 0 saturated heterocycles. The van der Waals surface area contributed by atoms with Gasteiger partial charge in [0.05, 0.1) is 0 Å². The fourth-order valence-electron chi connectivity index (χ4n) is 2.04. The minimum atomic E-state index is 0.321. The summed E-state index contributed by atoms with van der Waals surface area (Å²) in [5.41, 5.74) is 0.822. The number of carbonyl (C=O) groups excluding carboxylic acids is 1. The lowest BCUT2D eigenvalue weighted by molar-refractivity contribution is -0.133. The average Bonchev–Trinajstić information content (AvgIpc) is 2.16. The van der Waals surface area contributed by atoms with E-state index in [0.717, 1.165) is 27.1 Å². The van der Waals surface area contributed by atoms with Crippen molar-refractivity contribution in [2.75, 3.05) is 20.8 Å². The summed E-state index contributed by atoms with van der Waals surface area (Å²) in [4.78, 5) is 13.4. The molecule has 13 heavy (non-hydrogen) atoms. The van der Waals surface area contributed by atoms with Gasteiger partial charge in [-0.3, -0.25) is 4.79 Å². The van der Waals surface area contributed by atoms with Crippen molar-refractivity contribution in [3.05, 3.63) is 0 Å². The average molecular weight is 201 g/mol. The molecule has 1 amide bonds. The second-order valence-corrected chi connectivity index (χ2v) is 5.48. The Hall–Kier alpha value is -0.100. The van der Waals surface area contributed by atoms with Crippen LogP contribution in [0.4, 0.5) is 0 Å². The van der Waals surface area contributed by atoms with Crippen LogP contribution in [0.25, 0.3) is 0 Å². The Balaban J connectivity index is 2.46. The molecular formula is C10H20NOP. The molecule has 0 bridgehead atoms. The molecule has 3 heteroatoms. The molecule has 76 valence electrons. The third kappa shape index (κ3) is 2.95. The van der Waals surface area contributed by atoms with Gasteiger partial charge in [-0.05, 0) is 31.6 Å². The first-order chi connectivity index (χ1) is 6.15. The van der Waals surface area contributed by atoms with E-state index in [1.165, 1.54) is 12.8 Å².